The number of aliphatic hydroxyl groups excluding tert-OH is 1. The summed E-state index contributed by atoms with van der Waals surface area (Å²) in [6, 6.07) is 6.70. The molecular weight excluding hydrogens is 444 g/mol. The molecular formula is C24H26N2O8. The molecule has 0 bridgehead atoms. The van der Waals surface area contributed by atoms with Crippen LogP contribution in [-0.2, 0) is 33.4 Å². The fourth-order valence-corrected chi connectivity index (χ4v) is 5.67. The third-order valence-electron chi connectivity index (χ3n) is 7.63. The minimum Gasteiger partial charge on any atom is -0.435 e. The highest BCUT2D eigenvalue weighted by molar-refractivity contribution is 5.98. The second-order valence-corrected chi connectivity index (χ2v) is 9.63. The summed E-state index contributed by atoms with van der Waals surface area (Å²) >= 11 is 0. The van der Waals surface area contributed by atoms with Crippen molar-refractivity contribution in [2.75, 3.05) is 10.6 Å². The van der Waals surface area contributed by atoms with E-state index in [4.69, 9.17) is 9.47 Å². The number of carbonyl (C=O) groups is 5. The van der Waals surface area contributed by atoms with Gasteiger partial charge in [-0.2, -0.15) is 0 Å². The Kier molecular flexibility index (Phi) is 5.85. The fourth-order valence-electron chi connectivity index (χ4n) is 5.67. The summed E-state index contributed by atoms with van der Waals surface area (Å²) in [6.07, 6.45) is 1.65. The Labute approximate surface area is 195 Å². The minimum atomic E-state index is -1.08. The van der Waals surface area contributed by atoms with E-state index < -0.39 is 42.0 Å². The molecule has 34 heavy (non-hydrogen) atoms. The molecule has 10 nitrogen and oxygen atoms in total. The van der Waals surface area contributed by atoms with Crippen molar-refractivity contribution < 1.29 is 38.6 Å². The van der Waals surface area contributed by atoms with Gasteiger partial charge in [-0.1, -0.05) is 0 Å². The Bertz CT molecular complexity index is 1040. The molecule has 180 valence electrons. The Hall–Kier alpha value is -3.27. The second-order valence-electron chi connectivity index (χ2n) is 9.63. The molecule has 7 unspecified atom stereocenters. The van der Waals surface area contributed by atoms with Crippen molar-refractivity contribution in [2.24, 2.45) is 35.5 Å². The summed E-state index contributed by atoms with van der Waals surface area (Å²) in [6.45, 7) is 0. The third kappa shape index (κ3) is 4.18. The average Bonchev–Trinajstić information content (AvgIpc) is 3.28. The number of aliphatic hydroxyl groups is 1. The van der Waals surface area contributed by atoms with Crippen LogP contribution in [-0.4, -0.2) is 41.1 Å². The zero-order valence-electron chi connectivity index (χ0n) is 18.4. The van der Waals surface area contributed by atoms with Gasteiger partial charge < -0.3 is 25.2 Å². The molecule has 4 aliphatic rings. The number of hydrogen-bond acceptors (Lipinski definition) is 8. The van der Waals surface area contributed by atoms with Gasteiger partial charge in [-0.3, -0.25) is 24.0 Å². The van der Waals surface area contributed by atoms with E-state index >= 15 is 0 Å². The predicted octanol–water partition coefficient (Wildman–Crippen LogP) is 1.59. The lowest BCUT2D eigenvalue weighted by Gasteiger charge is -2.28. The minimum absolute atomic E-state index is 0.195. The highest BCUT2D eigenvalue weighted by Gasteiger charge is 2.49. The monoisotopic (exact) mass is 470 g/mol. The molecule has 7 atom stereocenters. The summed E-state index contributed by atoms with van der Waals surface area (Å²) < 4.78 is 9.58. The summed E-state index contributed by atoms with van der Waals surface area (Å²) in [7, 11) is 0. The van der Waals surface area contributed by atoms with Gasteiger partial charge in [0.05, 0.1) is 17.8 Å². The summed E-state index contributed by atoms with van der Waals surface area (Å²) in [5, 5.41) is 15.5. The van der Waals surface area contributed by atoms with Crippen LogP contribution in [0.5, 0.6) is 0 Å². The molecule has 0 radical (unpaired) electrons. The SMILES string of the molecule is O=C(Nc1ccc(NC(=O)C2CCC3C(O)OC(=O)C3C2)cc1)C1CCC2C(=O)OC(=O)C2C1. The molecule has 10 heteroatoms. The molecule has 2 amide bonds. The largest absolute Gasteiger partial charge is 0.435 e. The van der Waals surface area contributed by atoms with Gasteiger partial charge in [0, 0.05) is 29.1 Å². The van der Waals surface area contributed by atoms with Gasteiger partial charge >= 0.3 is 17.9 Å². The number of carbonyl (C=O) groups excluding carboxylic acids is 5. The fraction of sp³-hybridized carbons (Fsp3) is 0.542. The number of nitrogens with one attached hydrogen (secondary N) is 2. The lowest BCUT2D eigenvalue weighted by atomic mass is 9.74. The normalized spacial score (nSPS) is 34.5. The van der Waals surface area contributed by atoms with E-state index in [1.807, 2.05) is 0 Å². The predicted molar refractivity (Wildman–Crippen MR) is 116 cm³/mol. The number of ether oxygens (including phenoxy) is 2. The number of esters is 3. The maximum atomic E-state index is 12.7. The van der Waals surface area contributed by atoms with Crippen LogP contribution in [0, 0.1) is 35.5 Å². The van der Waals surface area contributed by atoms with Gasteiger partial charge in [0.2, 0.25) is 18.1 Å². The van der Waals surface area contributed by atoms with Crippen LogP contribution < -0.4 is 10.6 Å². The van der Waals surface area contributed by atoms with Crippen molar-refractivity contribution in [1.29, 1.82) is 0 Å². The summed E-state index contributed by atoms with van der Waals surface area (Å²) in [4.78, 5) is 60.8. The number of cyclic esters (lactones) is 3. The lowest BCUT2D eigenvalue weighted by molar-refractivity contribution is -0.157. The molecule has 5 rings (SSSR count). The first-order valence-corrected chi connectivity index (χ1v) is 11.7. The molecule has 2 saturated carbocycles. The molecule has 0 aromatic heterocycles. The second kappa shape index (κ2) is 8.83. The first-order chi connectivity index (χ1) is 16.3. The first-order valence-electron chi connectivity index (χ1n) is 11.7. The van der Waals surface area contributed by atoms with Crippen molar-refractivity contribution in [3.8, 4) is 0 Å². The highest BCUT2D eigenvalue weighted by Crippen LogP contribution is 2.42. The number of fused-ring (bicyclic) bond motifs is 2. The summed E-state index contributed by atoms with van der Waals surface area (Å²) in [5.41, 5.74) is 1.12. The van der Waals surface area contributed by atoms with Crippen LogP contribution in [0.1, 0.15) is 38.5 Å². The number of benzene rings is 1. The zero-order chi connectivity index (χ0) is 24.0. The Balaban J connectivity index is 1.13. The molecule has 2 aliphatic heterocycles. The number of anilines is 2. The smallest absolute Gasteiger partial charge is 0.317 e. The summed E-state index contributed by atoms with van der Waals surface area (Å²) in [5.74, 6) is -4.27. The van der Waals surface area contributed by atoms with E-state index in [0.717, 1.165) is 0 Å². The Morgan fingerprint density at radius 1 is 0.735 bits per heavy atom. The Morgan fingerprint density at radius 2 is 1.26 bits per heavy atom. The van der Waals surface area contributed by atoms with E-state index in [1.54, 1.807) is 24.3 Å². The standard InChI is InChI=1S/C24H26N2O8/c27-19(11-1-7-15-17(9-11)23(31)33-21(15)29)25-13-3-5-14(6-4-13)26-20(28)12-2-8-16-18(10-12)24(32)34-22(16)30/h3-6,11-12,15-18,21,29H,1-2,7-10H2,(H,25,27)(H,26,28). The maximum absolute atomic E-state index is 12.7. The van der Waals surface area contributed by atoms with Crippen LogP contribution in [0.2, 0.25) is 0 Å². The molecule has 1 aromatic rings. The van der Waals surface area contributed by atoms with Crippen molar-refractivity contribution in [2.45, 2.75) is 44.8 Å². The highest BCUT2D eigenvalue weighted by atomic mass is 16.6. The molecule has 0 spiro atoms. The van der Waals surface area contributed by atoms with Crippen molar-refractivity contribution >= 4 is 41.1 Å². The van der Waals surface area contributed by atoms with Gasteiger partial charge in [-0.15, -0.1) is 0 Å². The van der Waals surface area contributed by atoms with Gasteiger partial charge in [0.1, 0.15) is 0 Å². The molecule has 2 heterocycles. The number of hydrogen-bond donors (Lipinski definition) is 3. The van der Waals surface area contributed by atoms with E-state index in [-0.39, 0.29) is 29.6 Å². The topological polar surface area (TPSA) is 148 Å². The molecule has 3 N–H and O–H groups in total. The van der Waals surface area contributed by atoms with E-state index in [2.05, 4.69) is 10.6 Å². The van der Waals surface area contributed by atoms with Gasteiger partial charge in [-0.25, -0.2) is 0 Å². The lowest BCUT2D eigenvalue weighted by Crippen LogP contribution is -2.34. The van der Waals surface area contributed by atoms with Crippen LogP contribution >= 0.6 is 0 Å². The van der Waals surface area contributed by atoms with E-state index in [9.17, 15) is 29.1 Å². The van der Waals surface area contributed by atoms with Gasteiger partial charge in [0.15, 0.2) is 0 Å². The average molecular weight is 470 g/mol. The molecule has 1 aromatic carbocycles. The zero-order valence-corrected chi connectivity index (χ0v) is 18.4. The van der Waals surface area contributed by atoms with Crippen LogP contribution in [0.4, 0.5) is 11.4 Å². The van der Waals surface area contributed by atoms with E-state index in [0.29, 0.717) is 49.9 Å². The molecule has 2 saturated heterocycles. The van der Waals surface area contributed by atoms with Crippen molar-refractivity contribution in [1.82, 2.24) is 0 Å². The third-order valence-corrected chi connectivity index (χ3v) is 7.63. The van der Waals surface area contributed by atoms with Crippen LogP contribution in [0.25, 0.3) is 0 Å². The van der Waals surface area contributed by atoms with Crippen LogP contribution in [0.15, 0.2) is 24.3 Å². The number of amides is 2. The van der Waals surface area contributed by atoms with Crippen LogP contribution in [0.3, 0.4) is 0 Å². The quantitative estimate of drug-likeness (QED) is 0.444. The van der Waals surface area contributed by atoms with Gasteiger partial charge in [0.25, 0.3) is 0 Å². The van der Waals surface area contributed by atoms with Crippen molar-refractivity contribution in [3.05, 3.63) is 24.3 Å². The van der Waals surface area contributed by atoms with Gasteiger partial charge in [-0.05, 0) is 62.8 Å². The van der Waals surface area contributed by atoms with E-state index in [1.165, 1.54) is 0 Å². The molecule has 2 aliphatic carbocycles. The first kappa shape index (κ1) is 22.5. The maximum Gasteiger partial charge on any atom is 0.317 e. The Morgan fingerprint density at radius 3 is 1.88 bits per heavy atom. The molecule has 4 fully saturated rings. The van der Waals surface area contributed by atoms with Crippen molar-refractivity contribution in [3.63, 3.8) is 0 Å². The number of rotatable bonds is 4.